The van der Waals surface area contributed by atoms with E-state index in [1.807, 2.05) is 12.1 Å². The van der Waals surface area contributed by atoms with Crippen LogP contribution in [0.15, 0.2) is 18.2 Å². The van der Waals surface area contributed by atoms with Crippen LogP contribution in [0.2, 0.25) is 0 Å². The summed E-state index contributed by atoms with van der Waals surface area (Å²) in [6.45, 7) is 0. The highest BCUT2D eigenvalue weighted by Gasteiger charge is 2.32. The van der Waals surface area contributed by atoms with Crippen molar-refractivity contribution in [2.24, 2.45) is 11.7 Å². The number of nitrogens with two attached hydrogens (primary N) is 1. The Morgan fingerprint density at radius 2 is 1.95 bits per heavy atom. The van der Waals surface area contributed by atoms with Crippen molar-refractivity contribution in [2.75, 3.05) is 25.7 Å². The smallest absolute Gasteiger partial charge is 0.161 e. The van der Waals surface area contributed by atoms with Gasteiger partial charge in [0, 0.05) is 6.04 Å². The summed E-state index contributed by atoms with van der Waals surface area (Å²) in [5.41, 5.74) is 7.05. The van der Waals surface area contributed by atoms with Crippen LogP contribution in [0.25, 0.3) is 0 Å². The third kappa shape index (κ3) is 3.01. The molecule has 5 nitrogen and oxygen atoms in total. The fourth-order valence-corrected chi connectivity index (χ4v) is 4.29. The van der Waals surface area contributed by atoms with Gasteiger partial charge in [0.05, 0.1) is 25.7 Å². The van der Waals surface area contributed by atoms with E-state index < -0.39 is 9.84 Å². The summed E-state index contributed by atoms with van der Waals surface area (Å²) in [4.78, 5) is 0. The molecule has 1 aromatic rings. The van der Waals surface area contributed by atoms with Gasteiger partial charge in [0.1, 0.15) is 0 Å². The summed E-state index contributed by atoms with van der Waals surface area (Å²) in [6.07, 6.45) is 0.623. The molecular formula is C13H19NO4S. The van der Waals surface area contributed by atoms with E-state index in [-0.39, 0.29) is 23.5 Å². The van der Waals surface area contributed by atoms with E-state index in [4.69, 9.17) is 15.2 Å². The molecule has 1 aliphatic heterocycles. The fraction of sp³-hybridized carbons (Fsp3) is 0.538. The van der Waals surface area contributed by atoms with Crippen LogP contribution in [-0.4, -0.2) is 34.1 Å². The van der Waals surface area contributed by atoms with Crippen LogP contribution in [-0.2, 0) is 9.84 Å². The minimum absolute atomic E-state index is 0.0249. The van der Waals surface area contributed by atoms with Crippen molar-refractivity contribution in [3.63, 3.8) is 0 Å². The van der Waals surface area contributed by atoms with Crippen LogP contribution >= 0.6 is 0 Å². The molecule has 0 spiro atoms. The zero-order valence-corrected chi connectivity index (χ0v) is 11.9. The lowest BCUT2D eigenvalue weighted by Crippen LogP contribution is -2.22. The molecule has 2 N–H and O–H groups in total. The van der Waals surface area contributed by atoms with Crippen LogP contribution in [0.1, 0.15) is 18.0 Å². The van der Waals surface area contributed by atoms with Gasteiger partial charge in [-0.15, -0.1) is 0 Å². The minimum Gasteiger partial charge on any atom is -0.493 e. The first-order valence-corrected chi connectivity index (χ1v) is 7.97. The highest BCUT2D eigenvalue weighted by atomic mass is 32.2. The standard InChI is InChI=1S/C13H19NO4S/c1-17-11-4-3-9(7-12(11)18-2)13(14)10-5-6-19(15,16)8-10/h3-4,7,10,13H,5-6,8,14H2,1-2H3. The maximum Gasteiger partial charge on any atom is 0.161 e. The number of methoxy groups -OCH3 is 2. The summed E-state index contributed by atoms with van der Waals surface area (Å²) in [7, 11) is 0.220. The van der Waals surface area contributed by atoms with Gasteiger partial charge in [0.2, 0.25) is 0 Å². The fourth-order valence-electron chi connectivity index (χ4n) is 2.44. The summed E-state index contributed by atoms with van der Waals surface area (Å²) in [5.74, 6) is 1.62. The molecule has 106 valence electrons. The number of rotatable bonds is 4. The first-order chi connectivity index (χ1) is 8.96. The van der Waals surface area contributed by atoms with Gasteiger partial charge in [-0.1, -0.05) is 6.07 Å². The van der Waals surface area contributed by atoms with E-state index in [2.05, 4.69) is 0 Å². The number of ether oxygens (including phenoxy) is 2. The molecule has 0 aromatic heterocycles. The second kappa shape index (κ2) is 5.38. The van der Waals surface area contributed by atoms with Gasteiger partial charge < -0.3 is 15.2 Å². The maximum atomic E-state index is 11.5. The van der Waals surface area contributed by atoms with Crippen molar-refractivity contribution in [3.8, 4) is 11.5 Å². The molecule has 0 amide bonds. The highest BCUT2D eigenvalue weighted by molar-refractivity contribution is 7.91. The summed E-state index contributed by atoms with van der Waals surface area (Å²) < 4.78 is 33.4. The lowest BCUT2D eigenvalue weighted by Gasteiger charge is -2.19. The van der Waals surface area contributed by atoms with Crippen LogP contribution < -0.4 is 15.2 Å². The summed E-state index contributed by atoms with van der Waals surface area (Å²) in [5, 5.41) is 0. The Morgan fingerprint density at radius 3 is 2.47 bits per heavy atom. The van der Waals surface area contributed by atoms with E-state index in [0.29, 0.717) is 17.9 Å². The van der Waals surface area contributed by atoms with E-state index in [1.165, 1.54) is 0 Å². The number of hydrogen-bond acceptors (Lipinski definition) is 5. The van der Waals surface area contributed by atoms with Gasteiger partial charge in [-0.25, -0.2) is 8.42 Å². The highest BCUT2D eigenvalue weighted by Crippen LogP contribution is 2.34. The molecule has 2 rings (SSSR count). The van der Waals surface area contributed by atoms with E-state index in [0.717, 1.165) is 5.56 Å². The Bertz CT molecular complexity index is 556. The molecule has 1 aliphatic rings. The largest absolute Gasteiger partial charge is 0.493 e. The second-order valence-corrected chi connectivity index (χ2v) is 7.03. The van der Waals surface area contributed by atoms with Crippen molar-refractivity contribution in [1.82, 2.24) is 0 Å². The molecule has 2 atom stereocenters. The molecular weight excluding hydrogens is 266 g/mol. The summed E-state index contributed by atoms with van der Waals surface area (Å²) >= 11 is 0. The Labute approximate surface area is 113 Å². The van der Waals surface area contributed by atoms with E-state index in [1.54, 1.807) is 20.3 Å². The van der Waals surface area contributed by atoms with Crippen molar-refractivity contribution in [2.45, 2.75) is 12.5 Å². The lowest BCUT2D eigenvalue weighted by atomic mass is 9.93. The van der Waals surface area contributed by atoms with Gasteiger partial charge in [-0.2, -0.15) is 0 Å². The average Bonchev–Trinajstić information content (AvgIpc) is 2.77. The zero-order chi connectivity index (χ0) is 14.0. The predicted octanol–water partition coefficient (Wildman–Crippen LogP) is 1.14. The van der Waals surface area contributed by atoms with Gasteiger partial charge >= 0.3 is 0 Å². The van der Waals surface area contributed by atoms with Gasteiger partial charge in [0.25, 0.3) is 0 Å². The van der Waals surface area contributed by atoms with Crippen LogP contribution in [0, 0.1) is 5.92 Å². The molecule has 1 aromatic carbocycles. The van der Waals surface area contributed by atoms with Gasteiger partial charge in [-0.3, -0.25) is 0 Å². The lowest BCUT2D eigenvalue weighted by molar-refractivity contribution is 0.353. The molecule has 1 heterocycles. The van der Waals surface area contributed by atoms with Gasteiger partial charge in [0.15, 0.2) is 21.3 Å². The normalized spacial score (nSPS) is 23.0. The SMILES string of the molecule is COc1ccc(C(N)C2CCS(=O)(=O)C2)cc1OC. The minimum atomic E-state index is -2.91. The third-order valence-corrected chi connectivity index (χ3v) is 5.36. The van der Waals surface area contributed by atoms with E-state index >= 15 is 0 Å². The molecule has 1 saturated heterocycles. The number of sulfone groups is 1. The molecule has 2 unspecified atom stereocenters. The zero-order valence-electron chi connectivity index (χ0n) is 11.1. The van der Waals surface area contributed by atoms with Crippen LogP contribution in [0.3, 0.4) is 0 Å². The molecule has 19 heavy (non-hydrogen) atoms. The van der Waals surface area contributed by atoms with Crippen molar-refractivity contribution in [1.29, 1.82) is 0 Å². The third-order valence-electron chi connectivity index (χ3n) is 3.57. The second-order valence-electron chi connectivity index (χ2n) is 4.80. The Hall–Kier alpha value is -1.27. The molecule has 0 radical (unpaired) electrons. The number of benzene rings is 1. The molecule has 0 saturated carbocycles. The van der Waals surface area contributed by atoms with Crippen molar-refractivity contribution < 1.29 is 17.9 Å². The van der Waals surface area contributed by atoms with Gasteiger partial charge in [-0.05, 0) is 30.0 Å². The Kier molecular flexibility index (Phi) is 4.01. The Balaban J connectivity index is 2.22. The molecule has 0 aliphatic carbocycles. The maximum absolute atomic E-state index is 11.5. The predicted molar refractivity (Wildman–Crippen MR) is 73.2 cm³/mol. The van der Waals surface area contributed by atoms with Crippen molar-refractivity contribution in [3.05, 3.63) is 23.8 Å². The van der Waals surface area contributed by atoms with Crippen LogP contribution in [0.5, 0.6) is 11.5 Å². The number of hydrogen-bond donors (Lipinski definition) is 1. The first-order valence-electron chi connectivity index (χ1n) is 6.15. The average molecular weight is 285 g/mol. The Morgan fingerprint density at radius 1 is 1.26 bits per heavy atom. The van der Waals surface area contributed by atoms with Crippen molar-refractivity contribution >= 4 is 9.84 Å². The topological polar surface area (TPSA) is 78.6 Å². The van der Waals surface area contributed by atoms with Crippen LogP contribution in [0.4, 0.5) is 0 Å². The summed E-state index contributed by atoms with van der Waals surface area (Å²) in [6, 6.07) is 5.17. The monoisotopic (exact) mass is 285 g/mol. The molecule has 0 bridgehead atoms. The quantitative estimate of drug-likeness (QED) is 0.897. The molecule has 1 fully saturated rings. The molecule has 6 heteroatoms. The van der Waals surface area contributed by atoms with E-state index in [9.17, 15) is 8.42 Å². The first kappa shape index (κ1) is 14.1.